The molecule has 4 rings (SSSR count). The zero-order chi connectivity index (χ0) is 20.4. The van der Waals surface area contributed by atoms with Crippen molar-refractivity contribution in [1.29, 1.82) is 0 Å². The highest BCUT2D eigenvalue weighted by Crippen LogP contribution is 2.35. The largest absolute Gasteiger partial charge is 0.489 e. The molecule has 3 nitrogen and oxygen atoms in total. The molecule has 0 aliphatic carbocycles. The van der Waals surface area contributed by atoms with Crippen molar-refractivity contribution in [1.82, 2.24) is 0 Å². The van der Waals surface area contributed by atoms with Crippen LogP contribution in [-0.2, 0) is 6.61 Å². The van der Waals surface area contributed by atoms with Gasteiger partial charge >= 0.3 is 0 Å². The van der Waals surface area contributed by atoms with E-state index in [1.165, 1.54) is 11.1 Å². The van der Waals surface area contributed by atoms with E-state index in [0.717, 1.165) is 11.1 Å². The lowest BCUT2D eigenvalue weighted by atomic mass is 10.0. The number of allylic oxidation sites excluding steroid dienone is 1. The first-order chi connectivity index (χ1) is 14.0. The molecule has 0 radical (unpaired) electrons. The van der Waals surface area contributed by atoms with Gasteiger partial charge in [0.05, 0.1) is 5.56 Å². The van der Waals surface area contributed by atoms with E-state index in [2.05, 4.69) is 39.0 Å². The van der Waals surface area contributed by atoms with Crippen molar-refractivity contribution in [2.24, 2.45) is 0 Å². The fourth-order valence-corrected chi connectivity index (χ4v) is 3.32. The number of Topliss-reactive ketones (excluding diaryl/α,β-unsaturated/α-hetero) is 1. The van der Waals surface area contributed by atoms with Crippen molar-refractivity contribution in [2.45, 2.75) is 33.3 Å². The van der Waals surface area contributed by atoms with Crippen LogP contribution in [0.15, 0.2) is 72.5 Å². The second-order valence-electron chi connectivity index (χ2n) is 7.63. The van der Waals surface area contributed by atoms with E-state index in [0.29, 0.717) is 35.3 Å². The topological polar surface area (TPSA) is 35.5 Å². The summed E-state index contributed by atoms with van der Waals surface area (Å²) in [5, 5.41) is 0. The summed E-state index contributed by atoms with van der Waals surface area (Å²) in [5.41, 5.74) is 5.11. The lowest BCUT2D eigenvalue weighted by molar-refractivity contribution is 0.101. The Kier molecular flexibility index (Phi) is 5.22. The number of aryl methyl sites for hydroxylation is 1. The molecule has 0 unspecified atom stereocenters. The van der Waals surface area contributed by atoms with E-state index in [1.807, 2.05) is 36.4 Å². The molecular weight excluding hydrogens is 360 g/mol. The number of hydrogen-bond donors (Lipinski definition) is 0. The van der Waals surface area contributed by atoms with E-state index in [-0.39, 0.29) is 5.78 Å². The maximum absolute atomic E-state index is 12.7. The predicted octanol–water partition coefficient (Wildman–Crippen LogP) is 6.31. The minimum Gasteiger partial charge on any atom is -0.489 e. The van der Waals surface area contributed by atoms with Crippen LogP contribution in [0.25, 0.3) is 6.08 Å². The number of rotatable bonds is 5. The zero-order valence-corrected chi connectivity index (χ0v) is 16.9. The number of carbonyl (C=O) groups is 1. The Morgan fingerprint density at radius 1 is 1.00 bits per heavy atom. The molecule has 0 amide bonds. The van der Waals surface area contributed by atoms with Crippen molar-refractivity contribution in [2.75, 3.05) is 0 Å². The highest BCUT2D eigenvalue weighted by atomic mass is 16.5. The molecule has 1 aliphatic rings. The van der Waals surface area contributed by atoms with Gasteiger partial charge in [0.2, 0.25) is 5.78 Å². The fourth-order valence-electron chi connectivity index (χ4n) is 3.32. The van der Waals surface area contributed by atoms with Gasteiger partial charge in [0.15, 0.2) is 5.76 Å². The average Bonchev–Trinajstić information content (AvgIpc) is 3.02. The van der Waals surface area contributed by atoms with Crippen LogP contribution in [-0.4, -0.2) is 5.78 Å². The number of carbonyl (C=O) groups excluding carboxylic acids is 1. The summed E-state index contributed by atoms with van der Waals surface area (Å²) in [5.74, 6) is 1.94. The Balaban J connectivity index is 1.50. The summed E-state index contributed by atoms with van der Waals surface area (Å²) in [6.07, 6.45) is 1.79. The molecule has 0 saturated carbocycles. The molecule has 1 heterocycles. The SMILES string of the molecule is Cc1ccccc1COc1ccc2c(c1)OC(=Cc1ccc(C(C)C)cc1)C2=O. The molecule has 0 saturated heterocycles. The number of fused-ring (bicyclic) bond motifs is 1. The van der Waals surface area contributed by atoms with Crippen LogP contribution in [0.4, 0.5) is 0 Å². The quantitative estimate of drug-likeness (QED) is 0.483. The van der Waals surface area contributed by atoms with Crippen LogP contribution in [0.5, 0.6) is 11.5 Å². The summed E-state index contributed by atoms with van der Waals surface area (Å²) in [7, 11) is 0. The predicted molar refractivity (Wildman–Crippen MR) is 115 cm³/mol. The maximum Gasteiger partial charge on any atom is 0.231 e. The van der Waals surface area contributed by atoms with Gasteiger partial charge in [-0.05, 0) is 53.3 Å². The number of hydrogen-bond acceptors (Lipinski definition) is 3. The standard InChI is InChI=1S/C26H24O3/c1-17(2)20-10-8-19(9-11-20)14-25-26(27)23-13-12-22(15-24(23)29-25)28-16-21-7-5-4-6-18(21)3/h4-15,17H,16H2,1-3H3. The van der Waals surface area contributed by atoms with E-state index in [4.69, 9.17) is 9.47 Å². The van der Waals surface area contributed by atoms with Crippen molar-refractivity contribution >= 4 is 11.9 Å². The number of benzene rings is 3. The highest BCUT2D eigenvalue weighted by Gasteiger charge is 2.27. The van der Waals surface area contributed by atoms with Crippen molar-refractivity contribution in [3.63, 3.8) is 0 Å². The Morgan fingerprint density at radius 2 is 1.76 bits per heavy atom. The van der Waals surface area contributed by atoms with Crippen LogP contribution in [0.1, 0.15) is 52.4 Å². The van der Waals surface area contributed by atoms with Crippen molar-refractivity contribution in [3.8, 4) is 11.5 Å². The lowest BCUT2D eigenvalue weighted by Crippen LogP contribution is -1.98. The molecule has 3 heteroatoms. The van der Waals surface area contributed by atoms with E-state index in [1.54, 1.807) is 18.2 Å². The summed E-state index contributed by atoms with van der Waals surface area (Å²) < 4.78 is 11.8. The van der Waals surface area contributed by atoms with Gasteiger partial charge in [-0.15, -0.1) is 0 Å². The minimum absolute atomic E-state index is 0.0987. The normalized spacial score (nSPS) is 14.2. The Morgan fingerprint density at radius 3 is 2.48 bits per heavy atom. The summed E-state index contributed by atoms with van der Waals surface area (Å²) in [6.45, 7) is 6.86. The summed E-state index contributed by atoms with van der Waals surface area (Å²) >= 11 is 0. The molecule has 146 valence electrons. The number of ether oxygens (including phenoxy) is 2. The fraction of sp³-hybridized carbons (Fsp3) is 0.192. The van der Waals surface area contributed by atoms with Gasteiger partial charge in [-0.2, -0.15) is 0 Å². The van der Waals surface area contributed by atoms with Gasteiger partial charge in [0.1, 0.15) is 18.1 Å². The molecule has 29 heavy (non-hydrogen) atoms. The third-order valence-electron chi connectivity index (χ3n) is 5.20. The molecule has 0 aromatic heterocycles. The molecule has 3 aromatic carbocycles. The molecule has 0 N–H and O–H groups in total. The van der Waals surface area contributed by atoms with E-state index in [9.17, 15) is 4.79 Å². The second-order valence-corrected chi connectivity index (χ2v) is 7.63. The first-order valence-electron chi connectivity index (χ1n) is 9.87. The van der Waals surface area contributed by atoms with Gasteiger partial charge in [-0.1, -0.05) is 62.4 Å². The monoisotopic (exact) mass is 384 g/mol. The zero-order valence-electron chi connectivity index (χ0n) is 16.9. The summed E-state index contributed by atoms with van der Waals surface area (Å²) in [6, 6.07) is 21.7. The first-order valence-corrected chi connectivity index (χ1v) is 9.87. The van der Waals surface area contributed by atoms with Crippen molar-refractivity contribution in [3.05, 3.63) is 100 Å². The third kappa shape index (κ3) is 4.09. The first kappa shape index (κ1) is 19.0. The van der Waals surface area contributed by atoms with E-state index >= 15 is 0 Å². The lowest BCUT2D eigenvalue weighted by Gasteiger charge is -2.09. The summed E-state index contributed by atoms with van der Waals surface area (Å²) in [4.78, 5) is 12.7. The van der Waals surface area contributed by atoms with Crippen LogP contribution >= 0.6 is 0 Å². The van der Waals surface area contributed by atoms with Gasteiger partial charge in [-0.25, -0.2) is 0 Å². The smallest absolute Gasteiger partial charge is 0.231 e. The van der Waals surface area contributed by atoms with Crippen molar-refractivity contribution < 1.29 is 14.3 Å². The minimum atomic E-state index is -0.0987. The third-order valence-corrected chi connectivity index (χ3v) is 5.20. The highest BCUT2D eigenvalue weighted by molar-refractivity contribution is 6.14. The number of ketones is 1. The molecule has 0 bridgehead atoms. The molecule has 0 atom stereocenters. The molecule has 0 fully saturated rings. The van der Waals surface area contributed by atoms with Gasteiger partial charge < -0.3 is 9.47 Å². The van der Waals surface area contributed by atoms with Gasteiger partial charge in [0, 0.05) is 6.07 Å². The second kappa shape index (κ2) is 7.96. The molecule has 0 spiro atoms. The van der Waals surface area contributed by atoms with E-state index < -0.39 is 0 Å². The average molecular weight is 384 g/mol. The molecule has 1 aliphatic heterocycles. The van der Waals surface area contributed by atoms with Gasteiger partial charge in [-0.3, -0.25) is 4.79 Å². The Bertz CT molecular complexity index is 1080. The Hall–Kier alpha value is -3.33. The van der Waals surface area contributed by atoms with Crippen LogP contribution in [0.3, 0.4) is 0 Å². The molecule has 3 aromatic rings. The Labute approximate surface area is 171 Å². The van der Waals surface area contributed by atoms with Crippen LogP contribution in [0, 0.1) is 6.92 Å². The van der Waals surface area contributed by atoms with Crippen LogP contribution in [0.2, 0.25) is 0 Å². The molecular formula is C26H24O3. The van der Waals surface area contributed by atoms with Crippen LogP contribution < -0.4 is 9.47 Å². The van der Waals surface area contributed by atoms with Gasteiger partial charge in [0.25, 0.3) is 0 Å². The maximum atomic E-state index is 12.7.